The Bertz CT molecular complexity index is 1400. The molecule has 4 aromatic heterocycles. The van der Waals surface area contributed by atoms with Crippen molar-refractivity contribution < 1.29 is 4.42 Å². The minimum Gasteiger partial charge on any atom is -0.421 e. The number of fused-ring (bicyclic) bond motifs is 2. The van der Waals surface area contributed by atoms with Crippen molar-refractivity contribution in [2.24, 2.45) is 0 Å². The number of hydrogen-bond donors (Lipinski definition) is 3. The third-order valence-electron chi connectivity index (χ3n) is 6.34. The van der Waals surface area contributed by atoms with Gasteiger partial charge in [0, 0.05) is 46.1 Å². The minimum atomic E-state index is 0.316. The van der Waals surface area contributed by atoms with E-state index in [9.17, 15) is 0 Å². The number of hydrogen-bond acceptors (Lipinski definition) is 6. The second-order valence-electron chi connectivity index (χ2n) is 8.82. The highest BCUT2D eigenvalue weighted by atomic mass is 16.4. The van der Waals surface area contributed by atoms with Crippen molar-refractivity contribution in [3.05, 3.63) is 48.1 Å². The van der Waals surface area contributed by atoms with E-state index >= 15 is 0 Å². The van der Waals surface area contributed by atoms with E-state index in [-0.39, 0.29) is 0 Å². The lowest BCUT2D eigenvalue weighted by atomic mass is 9.95. The van der Waals surface area contributed by atoms with E-state index < -0.39 is 0 Å². The highest BCUT2D eigenvalue weighted by Crippen LogP contribution is 2.39. The van der Waals surface area contributed by atoms with Crippen molar-refractivity contribution in [1.82, 2.24) is 35.7 Å². The molecule has 0 unspecified atom stereocenters. The highest BCUT2D eigenvalue weighted by molar-refractivity contribution is 5.99. The number of pyridine rings is 1. The summed E-state index contributed by atoms with van der Waals surface area (Å²) in [7, 11) is 0. The molecule has 0 radical (unpaired) electrons. The summed E-state index contributed by atoms with van der Waals surface area (Å²) in [6.45, 7) is 5.50. The molecule has 8 nitrogen and oxygen atoms in total. The topological polar surface area (TPSA) is 108 Å². The van der Waals surface area contributed by atoms with Crippen molar-refractivity contribution >= 4 is 21.9 Å². The largest absolute Gasteiger partial charge is 0.421 e. The Kier molecular flexibility index (Phi) is 4.53. The molecule has 1 aromatic carbocycles. The third kappa shape index (κ3) is 3.18. The molecule has 1 saturated heterocycles. The fourth-order valence-corrected chi connectivity index (χ4v) is 4.82. The van der Waals surface area contributed by atoms with E-state index in [2.05, 4.69) is 61.7 Å². The van der Waals surface area contributed by atoms with Crippen LogP contribution in [0.3, 0.4) is 0 Å². The molecular formula is C24H25N7O. The van der Waals surface area contributed by atoms with E-state index in [1.807, 2.05) is 24.5 Å². The van der Waals surface area contributed by atoms with Gasteiger partial charge in [-0.2, -0.15) is 5.10 Å². The molecule has 0 amide bonds. The maximum atomic E-state index is 6.03. The van der Waals surface area contributed by atoms with Gasteiger partial charge >= 0.3 is 0 Å². The number of nitrogens with zero attached hydrogens (tertiary/aromatic N) is 4. The molecule has 162 valence electrons. The summed E-state index contributed by atoms with van der Waals surface area (Å²) in [4.78, 5) is 8.02. The summed E-state index contributed by atoms with van der Waals surface area (Å²) in [6, 6.07) is 8.76. The van der Waals surface area contributed by atoms with Gasteiger partial charge in [-0.25, -0.2) is 4.98 Å². The van der Waals surface area contributed by atoms with Crippen molar-refractivity contribution in [3.8, 4) is 22.7 Å². The minimum absolute atomic E-state index is 0.316. The van der Waals surface area contributed by atoms with Gasteiger partial charge in [-0.15, -0.1) is 10.2 Å². The molecule has 5 heterocycles. The zero-order valence-corrected chi connectivity index (χ0v) is 18.1. The monoisotopic (exact) mass is 427 g/mol. The fraction of sp³-hybridized carbons (Fsp3) is 0.333. The van der Waals surface area contributed by atoms with Gasteiger partial charge in [0.15, 0.2) is 5.65 Å². The lowest BCUT2D eigenvalue weighted by Gasteiger charge is -2.09. The lowest BCUT2D eigenvalue weighted by molar-refractivity contribution is 0.464. The molecule has 6 rings (SSSR count). The smallest absolute Gasteiger partial charge is 0.247 e. The first-order chi connectivity index (χ1) is 15.7. The van der Waals surface area contributed by atoms with Crippen molar-refractivity contribution in [1.29, 1.82) is 0 Å². The zero-order chi connectivity index (χ0) is 21.7. The molecule has 1 atom stereocenters. The number of rotatable bonds is 5. The van der Waals surface area contributed by atoms with Gasteiger partial charge in [-0.1, -0.05) is 13.8 Å². The summed E-state index contributed by atoms with van der Waals surface area (Å²) >= 11 is 0. The number of H-pyrrole nitrogens is 2. The first-order valence-corrected chi connectivity index (χ1v) is 11.2. The van der Waals surface area contributed by atoms with Gasteiger partial charge in [0.05, 0.1) is 11.9 Å². The lowest BCUT2D eigenvalue weighted by Crippen LogP contribution is -2.23. The van der Waals surface area contributed by atoms with Crippen LogP contribution in [0.4, 0.5) is 0 Å². The van der Waals surface area contributed by atoms with E-state index in [1.165, 1.54) is 12.0 Å². The average Bonchev–Trinajstić information content (AvgIpc) is 3.58. The zero-order valence-electron chi connectivity index (χ0n) is 18.1. The van der Waals surface area contributed by atoms with Crippen molar-refractivity contribution in [3.63, 3.8) is 0 Å². The summed E-state index contributed by atoms with van der Waals surface area (Å²) in [5, 5.41) is 21.4. The Balaban J connectivity index is 1.43. The number of aromatic nitrogens is 6. The Hall–Kier alpha value is -3.52. The normalized spacial score (nSPS) is 16.7. The summed E-state index contributed by atoms with van der Waals surface area (Å²) in [5.41, 5.74) is 6.24. The van der Waals surface area contributed by atoms with Crippen LogP contribution < -0.4 is 5.32 Å². The fourth-order valence-electron chi connectivity index (χ4n) is 4.82. The van der Waals surface area contributed by atoms with Gasteiger partial charge in [-0.05, 0) is 55.1 Å². The van der Waals surface area contributed by atoms with Crippen LogP contribution in [0.25, 0.3) is 44.6 Å². The Morgan fingerprint density at radius 3 is 2.94 bits per heavy atom. The average molecular weight is 428 g/mol. The van der Waals surface area contributed by atoms with E-state index in [0.717, 1.165) is 58.1 Å². The number of benzene rings is 1. The van der Waals surface area contributed by atoms with E-state index in [0.29, 0.717) is 23.7 Å². The molecule has 0 saturated carbocycles. The number of aromatic amines is 2. The van der Waals surface area contributed by atoms with E-state index in [1.54, 1.807) is 0 Å². The van der Waals surface area contributed by atoms with Gasteiger partial charge in [0.2, 0.25) is 11.8 Å². The SMILES string of the molecule is CC(C)c1c(-c2ccnc3[nH]ncc23)[nH]c2ccc(-c3nnc(C[C@@H]4CCCN4)o3)cc12. The Morgan fingerprint density at radius 2 is 2.09 bits per heavy atom. The van der Waals surface area contributed by atoms with Crippen LogP contribution in [0.5, 0.6) is 0 Å². The predicted molar refractivity (Wildman–Crippen MR) is 123 cm³/mol. The van der Waals surface area contributed by atoms with Crippen molar-refractivity contribution in [2.45, 2.75) is 45.1 Å². The molecule has 8 heteroatoms. The summed E-state index contributed by atoms with van der Waals surface area (Å²) in [5.74, 6) is 1.58. The first-order valence-electron chi connectivity index (χ1n) is 11.2. The molecule has 1 fully saturated rings. The van der Waals surface area contributed by atoms with Crippen LogP contribution in [0.2, 0.25) is 0 Å². The van der Waals surface area contributed by atoms with Gasteiger partial charge in [-0.3, -0.25) is 5.10 Å². The molecule has 0 bridgehead atoms. The van der Waals surface area contributed by atoms with Crippen LogP contribution in [0.1, 0.15) is 44.1 Å². The van der Waals surface area contributed by atoms with E-state index in [4.69, 9.17) is 4.42 Å². The Labute approximate surface area is 184 Å². The standard InChI is InChI=1S/C24H25N7O/c1-13(2)21-17-10-14(24-31-29-20(32-24)11-15-4-3-8-25-15)5-6-19(17)28-22(21)16-7-9-26-23-18(16)12-27-30-23/h5-7,9-10,12-13,15,25,28H,3-4,8,11H2,1-2H3,(H,26,27,30)/t15-/m0/s1. The molecule has 0 aliphatic carbocycles. The summed E-state index contributed by atoms with van der Waals surface area (Å²) in [6.07, 6.45) is 6.79. The summed E-state index contributed by atoms with van der Waals surface area (Å²) < 4.78 is 6.03. The maximum absolute atomic E-state index is 6.03. The van der Waals surface area contributed by atoms with Gasteiger partial charge in [0.1, 0.15) is 0 Å². The molecule has 32 heavy (non-hydrogen) atoms. The quantitative estimate of drug-likeness (QED) is 0.379. The van der Waals surface area contributed by atoms with Crippen LogP contribution in [-0.4, -0.2) is 42.9 Å². The molecular weight excluding hydrogens is 402 g/mol. The molecule has 5 aromatic rings. The van der Waals surface area contributed by atoms with Crippen LogP contribution >= 0.6 is 0 Å². The molecule has 1 aliphatic heterocycles. The second kappa shape index (κ2) is 7.56. The molecule has 0 spiro atoms. The second-order valence-corrected chi connectivity index (χ2v) is 8.82. The van der Waals surface area contributed by atoms with Crippen LogP contribution in [0, 0.1) is 0 Å². The molecule has 3 N–H and O–H groups in total. The third-order valence-corrected chi connectivity index (χ3v) is 6.34. The van der Waals surface area contributed by atoms with Gasteiger partial charge in [0.25, 0.3) is 0 Å². The maximum Gasteiger partial charge on any atom is 0.247 e. The molecule has 1 aliphatic rings. The Morgan fingerprint density at radius 1 is 1.16 bits per heavy atom. The highest BCUT2D eigenvalue weighted by Gasteiger charge is 2.21. The van der Waals surface area contributed by atoms with Crippen LogP contribution in [-0.2, 0) is 6.42 Å². The van der Waals surface area contributed by atoms with Crippen LogP contribution in [0.15, 0.2) is 41.1 Å². The van der Waals surface area contributed by atoms with Crippen molar-refractivity contribution in [2.75, 3.05) is 6.54 Å². The first kappa shape index (κ1) is 19.2. The predicted octanol–water partition coefficient (Wildman–Crippen LogP) is 4.57. The van der Waals surface area contributed by atoms with Gasteiger partial charge < -0.3 is 14.7 Å². The number of nitrogens with one attached hydrogen (secondary N) is 3.